The molecule has 1 aliphatic rings. The highest BCUT2D eigenvalue weighted by Gasteiger charge is 2.57. The van der Waals surface area contributed by atoms with Gasteiger partial charge in [0.1, 0.15) is 41.0 Å². The van der Waals surface area contributed by atoms with E-state index in [-0.39, 0.29) is 40.5 Å². The van der Waals surface area contributed by atoms with E-state index in [1.807, 2.05) is 0 Å². The van der Waals surface area contributed by atoms with Crippen molar-refractivity contribution in [2.24, 2.45) is 0 Å². The Balaban J connectivity index is 1.44. The van der Waals surface area contributed by atoms with Crippen molar-refractivity contribution in [3.05, 3.63) is 102 Å². The molecule has 226 valence electrons. The lowest BCUT2D eigenvalue weighted by molar-refractivity contribution is -0.265. The third kappa shape index (κ3) is 4.78. The largest absolute Gasteiger partial charge is 0.494 e. The summed E-state index contributed by atoms with van der Waals surface area (Å²) in [4.78, 5) is 28.9. The highest BCUT2D eigenvalue weighted by atomic mass is 19.4. The van der Waals surface area contributed by atoms with Gasteiger partial charge in [0, 0.05) is 40.7 Å². The van der Waals surface area contributed by atoms with Crippen molar-refractivity contribution in [1.29, 1.82) is 0 Å². The molecular formula is C31H25F4N5O4. The zero-order valence-corrected chi connectivity index (χ0v) is 23.4. The first-order chi connectivity index (χ1) is 20.9. The van der Waals surface area contributed by atoms with Crippen LogP contribution in [0.15, 0.2) is 73.2 Å². The van der Waals surface area contributed by atoms with E-state index in [9.17, 15) is 27.5 Å². The maximum absolute atomic E-state index is 14.8. The molecule has 2 atom stereocenters. The third-order valence-corrected chi connectivity index (χ3v) is 7.76. The van der Waals surface area contributed by atoms with E-state index in [4.69, 9.17) is 9.47 Å². The molecule has 9 nitrogen and oxygen atoms in total. The molecular weight excluding hydrogens is 582 g/mol. The van der Waals surface area contributed by atoms with Crippen molar-refractivity contribution in [2.75, 3.05) is 20.3 Å². The van der Waals surface area contributed by atoms with Gasteiger partial charge in [-0.15, -0.1) is 0 Å². The van der Waals surface area contributed by atoms with Gasteiger partial charge in [-0.2, -0.15) is 13.2 Å². The zero-order valence-electron chi connectivity index (χ0n) is 23.4. The molecule has 0 aliphatic carbocycles. The Morgan fingerprint density at radius 3 is 2.59 bits per heavy atom. The number of halogens is 4. The predicted octanol–water partition coefficient (Wildman–Crippen LogP) is 5.05. The fourth-order valence-electron chi connectivity index (χ4n) is 5.25. The lowest BCUT2D eigenvalue weighted by Crippen LogP contribution is -2.51. The normalized spacial score (nSPS) is 17.5. The molecule has 6 rings (SSSR count). The van der Waals surface area contributed by atoms with Crippen LogP contribution in [0.1, 0.15) is 34.4 Å². The lowest BCUT2D eigenvalue weighted by Gasteiger charge is -2.31. The molecule has 1 aliphatic heterocycles. The number of imidazole rings is 1. The van der Waals surface area contributed by atoms with Crippen molar-refractivity contribution in [2.45, 2.75) is 24.1 Å². The second-order valence-electron chi connectivity index (χ2n) is 10.6. The van der Waals surface area contributed by atoms with E-state index in [1.165, 1.54) is 37.6 Å². The summed E-state index contributed by atoms with van der Waals surface area (Å²) in [5.41, 5.74) is -4.50. The van der Waals surface area contributed by atoms with E-state index in [2.05, 4.69) is 25.3 Å². The molecule has 13 heteroatoms. The molecule has 0 saturated carbocycles. The topological polar surface area (TPSA) is 122 Å². The van der Waals surface area contributed by atoms with Crippen LogP contribution in [-0.4, -0.2) is 57.4 Å². The average molecular weight is 608 g/mol. The summed E-state index contributed by atoms with van der Waals surface area (Å²) in [6.45, 7) is 0.469. The lowest BCUT2D eigenvalue weighted by atomic mass is 9.81. The van der Waals surface area contributed by atoms with E-state index in [0.29, 0.717) is 16.7 Å². The van der Waals surface area contributed by atoms with Gasteiger partial charge in [0.15, 0.2) is 0 Å². The Labute approximate surface area is 247 Å². The van der Waals surface area contributed by atoms with Gasteiger partial charge in [-0.05, 0) is 55.5 Å². The first-order valence-electron chi connectivity index (χ1n) is 13.4. The number of H-pyrrole nitrogens is 1. The van der Waals surface area contributed by atoms with Crippen LogP contribution in [0, 0.1) is 5.82 Å². The van der Waals surface area contributed by atoms with Crippen LogP contribution in [0.4, 0.5) is 17.6 Å². The van der Waals surface area contributed by atoms with Crippen LogP contribution in [0.25, 0.3) is 22.2 Å². The number of nitrogens with zero attached hydrogens (tertiary/aromatic N) is 3. The molecule has 0 saturated heterocycles. The number of pyridine rings is 2. The molecule has 4 heterocycles. The van der Waals surface area contributed by atoms with Gasteiger partial charge in [0.2, 0.25) is 5.60 Å². The number of methoxy groups -OCH3 is 1. The standard InChI is InChI=1S/C31H25F4N5O4/c1-29(28-37-10-11-38-28)16-44-26-21(29)14-23(40-25(26)17-5-7-20(32)8-6-17)30(42,31(33,34)35)15-39-27(41)19-12-18-4-3-9-36-24(18)22(13-19)43-2/h3-14,42H,15-16H2,1-2H3,(H,37,38)(H,39,41)/t29-,30-/m0/s1. The number of aliphatic hydroxyl groups is 1. The third-order valence-electron chi connectivity index (χ3n) is 7.76. The van der Waals surface area contributed by atoms with Crippen molar-refractivity contribution in [3.8, 4) is 22.8 Å². The molecule has 3 aromatic heterocycles. The van der Waals surface area contributed by atoms with E-state index < -0.39 is 41.2 Å². The van der Waals surface area contributed by atoms with Gasteiger partial charge in [0.05, 0.1) is 24.8 Å². The number of carbonyl (C=O) groups excluding carboxylic acids is 1. The number of hydrogen-bond acceptors (Lipinski definition) is 7. The first-order valence-corrected chi connectivity index (χ1v) is 13.4. The van der Waals surface area contributed by atoms with Gasteiger partial charge in [-0.3, -0.25) is 9.78 Å². The molecule has 0 spiro atoms. The van der Waals surface area contributed by atoms with Gasteiger partial charge < -0.3 is 24.9 Å². The Bertz CT molecular complexity index is 1860. The van der Waals surface area contributed by atoms with Gasteiger partial charge in [-0.1, -0.05) is 6.07 Å². The summed E-state index contributed by atoms with van der Waals surface area (Å²) in [6.07, 6.45) is -0.672. The van der Waals surface area contributed by atoms with Crippen molar-refractivity contribution >= 4 is 16.8 Å². The maximum atomic E-state index is 14.8. The van der Waals surface area contributed by atoms with Crippen LogP contribution < -0.4 is 14.8 Å². The minimum absolute atomic E-state index is 0.000386. The number of hydrogen-bond donors (Lipinski definition) is 3. The summed E-state index contributed by atoms with van der Waals surface area (Å²) in [7, 11) is 1.38. The number of alkyl halides is 3. The monoisotopic (exact) mass is 607 g/mol. The first kappa shape index (κ1) is 29.1. The second-order valence-corrected chi connectivity index (χ2v) is 10.6. The van der Waals surface area contributed by atoms with E-state index in [0.717, 1.165) is 18.2 Å². The molecule has 5 aromatic rings. The minimum atomic E-state index is -5.28. The molecule has 3 N–H and O–H groups in total. The zero-order chi connectivity index (χ0) is 31.3. The SMILES string of the molecule is COc1cc(C(=O)NC[C@](O)(c2cc3c(c(-c4ccc(F)cc4)n2)OC[C@]3(C)c2ncc[nH]2)C(F)(F)F)cc2cccnc12. The summed E-state index contributed by atoms with van der Waals surface area (Å²) < 4.78 is 69.4. The Morgan fingerprint density at radius 2 is 1.91 bits per heavy atom. The molecule has 0 radical (unpaired) electrons. The van der Waals surface area contributed by atoms with Crippen molar-refractivity contribution < 1.29 is 36.9 Å². The smallest absolute Gasteiger partial charge is 0.424 e. The van der Waals surface area contributed by atoms with E-state index in [1.54, 1.807) is 31.5 Å². The number of aromatic amines is 1. The predicted molar refractivity (Wildman–Crippen MR) is 151 cm³/mol. The fourth-order valence-corrected chi connectivity index (χ4v) is 5.25. The molecule has 0 unspecified atom stereocenters. The van der Waals surface area contributed by atoms with Crippen molar-refractivity contribution in [3.63, 3.8) is 0 Å². The second kappa shape index (κ2) is 10.6. The van der Waals surface area contributed by atoms with Crippen LogP contribution in [0.3, 0.4) is 0 Å². The molecule has 44 heavy (non-hydrogen) atoms. The van der Waals surface area contributed by atoms with Crippen LogP contribution in [0.2, 0.25) is 0 Å². The number of ether oxygens (including phenoxy) is 2. The van der Waals surface area contributed by atoms with Gasteiger partial charge in [-0.25, -0.2) is 14.4 Å². The molecule has 0 bridgehead atoms. The minimum Gasteiger partial charge on any atom is -0.494 e. The average Bonchev–Trinajstić information content (AvgIpc) is 3.68. The summed E-state index contributed by atoms with van der Waals surface area (Å²) >= 11 is 0. The summed E-state index contributed by atoms with van der Waals surface area (Å²) in [6, 6.07) is 12.2. The summed E-state index contributed by atoms with van der Waals surface area (Å²) in [5.74, 6) is -0.605. The number of rotatable bonds is 7. The highest BCUT2D eigenvalue weighted by molar-refractivity contribution is 5.99. The van der Waals surface area contributed by atoms with Crippen LogP contribution in [-0.2, 0) is 11.0 Å². The summed E-state index contributed by atoms with van der Waals surface area (Å²) in [5, 5.41) is 14.1. The van der Waals surface area contributed by atoms with Crippen LogP contribution >= 0.6 is 0 Å². The van der Waals surface area contributed by atoms with Crippen LogP contribution in [0.5, 0.6) is 11.5 Å². The highest BCUT2D eigenvalue weighted by Crippen LogP contribution is 2.49. The fraction of sp³-hybridized carbons (Fsp3) is 0.226. The number of amides is 1. The maximum Gasteiger partial charge on any atom is 0.424 e. The molecule has 1 amide bonds. The van der Waals surface area contributed by atoms with Gasteiger partial charge >= 0.3 is 6.18 Å². The number of nitrogens with one attached hydrogen (secondary N) is 2. The Morgan fingerprint density at radius 1 is 1.14 bits per heavy atom. The van der Waals surface area contributed by atoms with E-state index >= 15 is 0 Å². The number of benzene rings is 2. The number of carbonyl (C=O) groups is 1. The number of aromatic nitrogens is 4. The van der Waals surface area contributed by atoms with Crippen molar-refractivity contribution in [1.82, 2.24) is 25.3 Å². The Hall–Kier alpha value is -5.04. The quantitative estimate of drug-likeness (QED) is 0.222. The number of fused-ring (bicyclic) bond motifs is 2. The van der Waals surface area contributed by atoms with Gasteiger partial charge in [0.25, 0.3) is 5.91 Å². The molecule has 0 fully saturated rings. The molecule has 2 aromatic carbocycles. The Kier molecular flexibility index (Phi) is 7.00.